The zero-order chi connectivity index (χ0) is 12.3. The molecule has 0 heterocycles. The van der Waals surface area contributed by atoms with Crippen LogP contribution in [0.5, 0.6) is 0 Å². The minimum atomic E-state index is -1.77. The molecule has 3 nitrogen and oxygen atoms in total. The van der Waals surface area contributed by atoms with Crippen molar-refractivity contribution in [2.45, 2.75) is 12.5 Å². The van der Waals surface area contributed by atoms with Crippen LogP contribution < -0.4 is 0 Å². The zero-order valence-electron chi connectivity index (χ0n) is 8.34. The predicted octanol–water partition coefficient (Wildman–Crippen LogP) is 1.70. The first-order chi connectivity index (χ1) is 7.47. The minimum Gasteiger partial charge on any atom is -0.469 e. The first-order valence-electron chi connectivity index (χ1n) is 4.35. The Morgan fingerprint density at radius 3 is 2.50 bits per heavy atom. The highest BCUT2D eigenvalue weighted by atomic mass is 19.2. The third-order valence-corrected chi connectivity index (χ3v) is 2.00. The monoisotopic (exact) mass is 234 g/mol. The van der Waals surface area contributed by atoms with Gasteiger partial charge in [-0.3, -0.25) is 4.79 Å². The van der Waals surface area contributed by atoms with E-state index in [0.717, 1.165) is 7.11 Å². The number of esters is 1. The van der Waals surface area contributed by atoms with Gasteiger partial charge in [0.1, 0.15) is 5.82 Å². The smallest absolute Gasteiger partial charge is 0.308 e. The van der Waals surface area contributed by atoms with Crippen LogP contribution in [0.15, 0.2) is 12.1 Å². The molecule has 6 heteroatoms. The molecule has 1 N–H and O–H groups in total. The number of aliphatic hydroxyl groups is 1. The van der Waals surface area contributed by atoms with E-state index in [-0.39, 0.29) is 0 Å². The molecule has 1 aromatic rings. The third-order valence-electron chi connectivity index (χ3n) is 2.00. The first-order valence-corrected chi connectivity index (χ1v) is 4.35. The maximum absolute atomic E-state index is 13.1. The molecule has 0 saturated heterocycles. The zero-order valence-corrected chi connectivity index (χ0v) is 8.34. The second-order valence-corrected chi connectivity index (χ2v) is 3.05. The molecular formula is C10H9F3O3. The molecule has 0 aliphatic rings. The Labute approximate surface area is 89.5 Å². The number of aliphatic hydroxyl groups excluding tert-OH is 1. The lowest BCUT2D eigenvalue weighted by Crippen LogP contribution is -2.12. The van der Waals surface area contributed by atoms with Crippen molar-refractivity contribution in [3.8, 4) is 0 Å². The molecule has 0 radical (unpaired) electrons. The normalized spacial score (nSPS) is 12.3. The van der Waals surface area contributed by atoms with Crippen molar-refractivity contribution in [3.63, 3.8) is 0 Å². The highest BCUT2D eigenvalue weighted by Gasteiger charge is 2.23. The molecular weight excluding hydrogens is 225 g/mol. The largest absolute Gasteiger partial charge is 0.469 e. The third kappa shape index (κ3) is 2.52. The van der Waals surface area contributed by atoms with Gasteiger partial charge in [0.05, 0.1) is 25.2 Å². The summed E-state index contributed by atoms with van der Waals surface area (Å²) in [7, 11) is 1.06. The van der Waals surface area contributed by atoms with Gasteiger partial charge < -0.3 is 9.84 Å². The molecule has 0 spiro atoms. The number of carbonyl (C=O) groups is 1. The fraction of sp³-hybridized carbons (Fsp3) is 0.300. The number of rotatable bonds is 3. The van der Waals surface area contributed by atoms with Crippen LogP contribution in [0, 0.1) is 17.5 Å². The standard InChI is InChI=1S/C10H9F3O3/c1-16-8(15)4-7(14)9-5(11)2-3-6(12)10(9)13/h2-3,7,14H,4H2,1H3/t7-/m1/s1. The van der Waals surface area contributed by atoms with E-state index in [2.05, 4.69) is 4.74 Å². The summed E-state index contributed by atoms with van der Waals surface area (Å²) in [6, 6.07) is 1.27. The topological polar surface area (TPSA) is 46.5 Å². The molecule has 16 heavy (non-hydrogen) atoms. The number of ether oxygens (including phenoxy) is 1. The summed E-state index contributed by atoms with van der Waals surface area (Å²) in [6.45, 7) is 0. The summed E-state index contributed by atoms with van der Waals surface area (Å²) in [4.78, 5) is 10.8. The number of carbonyl (C=O) groups excluding carboxylic acids is 1. The molecule has 0 aromatic heterocycles. The van der Waals surface area contributed by atoms with Gasteiger partial charge in [-0.2, -0.15) is 0 Å². The van der Waals surface area contributed by atoms with Gasteiger partial charge >= 0.3 is 5.97 Å². The van der Waals surface area contributed by atoms with Crippen LogP contribution in [0.4, 0.5) is 13.2 Å². The van der Waals surface area contributed by atoms with Crippen LogP contribution in [0.25, 0.3) is 0 Å². The highest BCUT2D eigenvalue weighted by molar-refractivity contribution is 5.70. The molecule has 1 aromatic carbocycles. The van der Waals surface area contributed by atoms with Crippen molar-refractivity contribution in [1.29, 1.82) is 0 Å². The fourth-order valence-corrected chi connectivity index (χ4v) is 1.19. The van der Waals surface area contributed by atoms with Crippen LogP contribution in [-0.4, -0.2) is 18.2 Å². The molecule has 1 atom stereocenters. The van der Waals surface area contributed by atoms with Gasteiger partial charge in [-0.15, -0.1) is 0 Å². The number of hydrogen-bond acceptors (Lipinski definition) is 3. The van der Waals surface area contributed by atoms with E-state index in [1.165, 1.54) is 0 Å². The Kier molecular flexibility index (Phi) is 3.89. The lowest BCUT2D eigenvalue weighted by molar-refractivity contribution is -0.142. The van der Waals surface area contributed by atoms with Gasteiger partial charge in [-0.1, -0.05) is 0 Å². The number of hydrogen-bond donors (Lipinski definition) is 1. The van der Waals surface area contributed by atoms with Gasteiger partial charge in [0.15, 0.2) is 11.6 Å². The van der Waals surface area contributed by atoms with E-state index in [0.29, 0.717) is 12.1 Å². The van der Waals surface area contributed by atoms with Gasteiger partial charge in [-0.05, 0) is 12.1 Å². The number of halogens is 3. The molecule has 0 aliphatic heterocycles. The second kappa shape index (κ2) is 4.98. The van der Waals surface area contributed by atoms with E-state index < -0.39 is 41.5 Å². The molecule has 0 saturated carbocycles. The summed E-state index contributed by atoms with van der Waals surface area (Å²) >= 11 is 0. The van der Waals surface area contributed by atoms with Crippen molar-refractivity contribution in [1.82, 2.24) is 0 Å². The number of benzene rings is 1. The molecule has 88 valence electrons. The predicted molar refractivity (Wildman–Crippen MR) is 47.9 cm³/mol. The molecule has 0 amide bonds. The summed E-state index contributed by atoms with van der Waals surface area (Å²) in [5.74, 6) is -4.76. The number of methoxy groups -OCH3 is 1. The summed E-state index contributed by atoms with van der Waals surface area (Å²) in [5, 5.41) is 9.36. The van der Waals surface area contributed by atoms with E-state index in [9.17, 15) is 23.1 Å². The maximum Gasteiger partial charge on any atom is 0.308 e. The van der Waals surface area contributed by atoms with Gasteiger partial charge in [0.25, 0.3) is 0 Å². The Bertz CT molecular complexity index is 407. The second-order valence-electron chi connectivity index (χ2n) is 3.05. The van der Waals surface area contributed by atoms with Gasteiger partial charge in [0, 0.05) is 0 Å². The van der Waals surface area contributed by atoms with Gasteiger partial charge in [0.2, 0.25) is 0 Å². The average molecular weight is 234 g/mol. The van der Waals surface area contributed by atoms with Crippen LogP contribution in [0.3, 0.4) is 0 Å². The van der Waals surface area contributed by atoms with Crippen molar-refractivity contribution in [2.24, 2.45) is 0 Å². The maximum atomic E-state index is 13.1. The summed E-state index contributed by atoms with van der Waals surface area (Å²) in [5.41, 5.74) is -0.870. The van der Waals surface area contributed by atoms with Crippen LogP contribution in [-0.2, 0) is 9.53 Å². The minimum absolute atomic E-state index is 0.596. The van der Waals surface area contributed by atoms with Crippen molar-refractivity contribution in [3.05, 3.63) is 35.1 Å². The van der Waals surface area contributed by atoms with Crippen LogP contribution in [0.2, 0.25) is 0 Å². The average Bonchev–Trinajstić information content (AvgIpc) is 2.24. The SMILES string of the molecule is COC(=O)C[C@@H](O)c1c(F)ccc(F)c1F. The first kappa shape index (κ1) is 12.5. The molecule has 0 unspecified atom stereocenters. The highest BCUT2D eigenvalue weighted by Crippen LogP contribution is 2.25. The quantitative estimate of drug-likeness (QED) is 0.639. The van der Waals surface area contributed by atoms with E-state index >= 15 is 0 Å². The van der Waals surface area contributed by atoms with E-state index in [4.69, 9.17) is 0 Å². The molecule has 0 aliphatic carbocycles. The molecule has 0 bridgehead atoms. The van der Waals surface area contributed by atoms with Crippen molar-refractivity contribution < 1.29 is 27.8 Å². The van der Waals surface area contributed by atoms with Gasteiger partial charge in [-0.25, -0.2) is 13.2 Å². The fourth-order valence-electron chi connectivity index (χ4n) is 1.19. The molecule has 0 fully saturated rings. The Hall–Kier alpha value is -1.56. The van der Waals surface area contributed by atoms with Crippen LogP contribution >= 0.6 is 0 Å². The Morgan fingerprint density at radius 2 is 1.94 bits per heavy atom. The van der Waals surface area contributed by atoms with E-state index in [1.54, 1.807) is 0 Å². The summed E-state index contributed by atoms with van der Waals surface area (Å²) < 4.78 is 43.2. The lowest BCUT2D eigenvalue weighted by Gasteiger charge is -2.11. The molecule has 1 rings (SSSR count). The lowest BCUT2D eigenvalue weighted by atomic mass is 10.1. The van der Waals surface area contributed by atoms with Crippen LogP contribution in [0.1, 0.15) is 18.1 Å². The summed E-state index contributed by atoms with van der Waals surface area (Å²) in [6.07, 6.45) is -2.42. The van der Waals surface area contributed by atoms with E-state index in [1.807, 2.05) is 0 Å². The van der Waals surface area contributed by atoms with Crippen molar-refractivity contribution >= 4 is 5.97 Å². The van der Waals surface area contributed by atoms with Crippen molar-refractivity contribution in [2.75, 3.05) is 7.11 Å². The Balaban J connectivity index is 3.03. The Morgan fingerprint density at radius 1 is 1.38 bits per heavy atom.